The molecule has 23 heavy (non-hydrogen) atoms. The minimum Gasteiger partial charge on any atom is -0.395 e. The van der Waals surface area contributed by atoms with Gasteiger partial charge in [-0.1, -0.05) is 32.0 Å². The minimum absolute atomic E-state index is 0.0497. The fraction of sp³-hybridized carbons (Fsp3) is 0.611. The van der Waals surface area contributed by atoms with Crippen LogP contribution >= 0.6 is 0 Å². The number of amides is 1. The summed E-state index contributed by atoms with van der Waals surface area (Å²) in [7, 11) is 0. The highest BCUT2D eigenvalue weighted by atomic mass is 16.3. The van der Waals surface area contributed by atoms with E-state index in [1.807, 2.05) is 25.1 Å². The summed E-state index contributed by atoms with van der Waals surface area (Å²) in [6.07, 6.45) is 0. The maximum Gasteiger partial charge on any atom is 0.241 e. The normalized spacial score (nSPS) is 18.1. The van der Waals surface area contributed by atoms with Crippen molar-refractivity contribution in [1.29, 1.82) is 0 Å². The number of nitrogens with zero attached hydrogens (tertiary/aromatic N) is 2. The highest BCUT2D eigenvalue weighted by molar-refractivity contribution is 5.95. The Hall–Kier alpha value is -1.43. The number of hydrogen-bond donors (Lipinski definition) is 2. The van der Waals surface area contributed by atoms with Crippen molar-refractivity contribution in [2.45, 2.75) is 32.7 Å². The van der Waals surface area contributed by atoms with Gasteiger partial charge in [-0.3, -0.25) is 14.6 Å². The first-order chi connectivity index (χ1) is 11.0. The molecular weight excluding hydrogens is 290 g/mol. The second-order valence-electron chi connectivity index (χ2n) is 6.51. The van der Waals surface area contributed by atoms with Crippen LogP contribution in [0.25, 0.3) is 0 Å². The second kappa shape index (κ2) is 8.43. The van der Waals surface area contributed by atoms with Crippen LogP contribution in [0.3, 0.4) is 0 Å². The van der Waals surface area contributed by atoms with Crippen LogP contribution in [0.5, 0.6) is 0 Å². The van der Waals surface area contributed by atoms with E-state index in [2.05, 4.69) is 35.0 Å². The van der Waals surface area contributed by atoms with Gasteiger partial charge in [-0.2, -0.15) is 0 Å². The highest BCUT2D eigenvalue weighted by Gasteiger charge is 2.25. The van der Waals surface area contributed by atoms with Crippen molar-refractivity contribution in [3.05, 3.63) is 29.8 Å². The molecule has 1 unspecified atom stereocenters. The Bertz CT molecular complexity index is 511. The number of benzene rings is 1. The fourth-order valence-electron chi connectivity index (χ4n) is 3.03. The number of para-hydroxylation sites is 1. The molecule has 1 aliphatic heterocycles. The van der Waals surface area contributed by atoms with Crippen LogP contribution in [-0.2, 0) is 4.79 Å². The average Bonchev–Trinajstić information content (AvgIpc) is 2.55. The summed E-state index contributed by atoms with van der Waals surface area (Å²) in [6, 6.07) is 7.86. The van der Waals surface area contributed by atoms with Crippen LogP contribution < -0.4 is 5.32 Å². The molecule has 2 N–H and O–H groups in total. The molecule has 128 valence electrons. The number of nitrogens with one attached hydrogen (secondary N) is 1. The molecule has 0 saturated carbocycles. The quantitative estimate of drug-likeness (QED) is 0.839. The van der Waals surface area contributed by atoms with Gasteiger partial charge >= 0.3 is 0 Å². The van der Waals surface area contributed by atoms with E-state index in [0.717, 1.165) is 38.4 Å². The molecule has 1 atom stereocenters. The zero-order chi connectivity index (χ0) is 16.8. The third-order valence-corrected chi connectivity index (χ3v) is 4.59. The summed E-state index contributed by atoms with van der Waals surface area (Å²) in [6.45, 7) is 10.7. The molecule has 1 amide bonds. The van der Waals surface area contributed by atoms with Crippen molar-refractivity contribution in [2.75, 3.05) is 44.6 Å². The molecule has 2 rings (SSSR count). The van der Waals surface area contributed by atoms with Gasteiger partial charge < -0.3 is 10.4 Å². The summed E-state index contributed by atoms with van der Waals surface area (Å²) >= 11 is 0. The number of aliphatic hydroxyl groups excluding tert-OH is 1. The third-order valence-electron chi connectivity index (χ3n) is 4.59. The summed E-state index contributed by atoms with van der Waals surface area (Å²) < 4.78 is 0. The third kappa shape index (κ3) is 4.77. The molecule has 0 radical (unpaired) electrons. The summed E-state index contributed by atoms with van der Waals surface area (Å²) in [5, 5.41) is 12.1. The van der Waals surface area contributed by atoms with Crippen LogP contribution in [0.15, 0.2) is 24.3 Å². The minimum atomic E-state index is -0.147. The molecule has 1 saturated heterocycles. The Morgan fingerprint density at radius 3 is 2.43 bits per heavy atom. The fourth-order valence-corrected chi connectivity index (χ4v) is 3.03. The maximum absolute atomic E-state index is 12.6. The monoisotopic (exact) mass is 319 g/mol. The Morgan fingerprint density at radius 2 is 1.83 bits per heavy atom. The van der Waals surface area contributed by atoms with E-state index < -0.39 is 0 Å². The molecule has 0 bridgehead atoms. The standard InChI is InChI=1S/C18H29N3O2/c1-14(2)16-6-4-5-7-17(16)19-18(23)15(3)21-10-8-20(9-11-21)12-13-22/h4-7,14-15,22H,8-13H2,1-3H3,(H,19,23). The lowest BCUT2D eigenvalue weighted by atomic mass is 10.0. The van der Waals surface area contributed by atoms with Gasteiger partial charge in [0.25, 0.3) is 0 Å². The van der Waals surface area contributed by atoms with E-state index in [1.165, 1.54) is 5.56 Å². The predicted octanol–water partition coefficient (Wildman–Crippen LogP) is 1.75. The van der Waals surface area contributed by atoms with Crippen LogP contribution in [0.4, 0.5) is 5.69 Å². The van der Waals surface area contributed by atoms with Crippen molar-refractivity contribution in [3.8, 4) is 0 Å². The number of β-amino-alcohol motifs (C(OH)–C–C–N with tert-alkyl or cyclic N) is 1. The van der Waals surface area contributed by atoms with Gasteiger partial charge in [0.05, 0.1) is 12.6 Å². The molecule has 1 aromatic carbocycles. The molecule has 0 aromatic heterocycles. The van der Waals surface area contributed by atoms with E-state index in [4.69, 9.17) is 5.11 Å². The van der Waals surface area contributed by atoms with Crippen molar-refractivity contribution in [3.63, 3.8) is 0 Å². The number of piperazine rings is 1. The Labute approximate surface area is 139 Å². The van der Waals surface area contributed by atoms with Gasteiger partial charge in [0.15, 0.2) is 0 Å². The largest absolute Gasteiger partial charge is 0.395 e. The Balaban J connectivity index is 1.94. The Morgan fingerprint density at radius 1 is 1.17 bits per heavy atom. The van der Waals surface area contributed by atoms with Crippen LogP contribution in [0.2, 0.25) is 0 Å². The van der Waals surface area contributed by atoms with E-state index >= 15 is 0 Å². The van der Waals surface area contributed by atoms with Crippen LogP contribution in [-0.4, -0.2) is 66.2 Å². The van der Waals surface area contributed by atoms with Gasteiger partial charge in [0.1, 0.15) is 0 Å². The van der Waals surface area contributed by atoms with Crippen LogP contribution in [0.1, 0.15) is 32.3 Å². The number of carbonyl (C=O) groups is 1. The lowest BCUT2D eigenvalue weighted by molar-refractivity contribution is -0.121. The zero-order valence-electron chi connectivity index (χ0n) is 14.5. The van der Waals surface area contributed by atoms with Gasteiger partial charge in [0, 0.05) is 38.4 Å². The first kappa shape index (κ1) is 17.9. The smallest absolute Gasteiger partial charge is 0.241 e. The zero-order valence-corrected chi connectivity index (χ0v) is 14.5. The van der Waals surface area contributed by atoms with Crippen molar-refractivity contribution in [1.82, 2.24) is 9.80 Å². The van der Waals surface area contributed by atoms with Crippen LogP contribution in [0, 0.1) is 0 Å². The van der Waals surface area contributed by atoms with E-state index in [1.54, 1.807) is 0 Å². The number of rotatable bonds is 6. The lowest BCUT2D eigenvalue weighted by Gasteiger charge is -2.37. The molecule has 0 aliphatic carbocycles. The van der Waals surface area contributed by atoms with Gasteiger partial charge in [0.2, 0.25) is 5.91 Å². The topological polar surface area (TPSA) is 55.8 Å². The van der Waals surface area contributed by atoms with Gasteiger partial charge in [-0.15, -0.1) is 0 Å². The van der Waals surface area contributed by atoms with Crippen molar-refractivity contribution < 1.29 is 9.90 Å². The van der Waals surface area contributed by atoms with E-state index in [9.17, 15) is 4.79 Å². The van der Waals surface area contributed by atoms with Gasteiger partial charge in [-0.05, 0) is 24.5 Å². The number of hydrogen-bond acceptors (Lipinski definition) is 4. The second-order valence-corrected chi connectivity index (χ2v) is 6.51. The summed E-state index contributed by atoms with van der Waals surface area (Å²) in [5.41, 5.74) is 2.08. The Kier molecular flexibility index (Phi) is 6.57. The molecule has 1 fully saturated rings. The van der Waals surface area contributed by atoms with E-state index in [-0.39, 0.29) is 18.6 Å². The highest BCUT2D eigenvalue weighted by Crippen LogP contribution is 2.24. The number of aliphatic hydroxyl groups is 1. The SMILES string of the molecule is CC(C)c1ccccc1NC(=O)C(C)N1CCN(CCO)CC1. The molecule has 1 aromatic rings. The summed E-state index contributed by atoms with van der Waals surface area (Å²) in [4.78, 5) is 17.0. The summed E-state index contributed by atoms with van der Waals surface area (Å²) in [5.74, 6) is 0.428. The lowest BCUT2D eigenvalue weighted by Crippen LogP contribution is -2.53. The molecule has 5 heteroatoms. The van der Waals surface area contributed by atoms with Crippen molar-refractivity contribution >= 4 is 11.6 Å². The molecule has 0 spiro atoms. The molecular formula is C18H29N3O2. The van der Waals surface area contributed by atoms with Crippen molar-refractivity contribution in [2.24, 2.45) is 0 Å². The molecule has 1 aliphatic rings. The average molecular weight is 319 g/mol. The first-order valence-corrected chi connectivity index (χ1v) is 8.50. The number of carbonyl (C=O) groups excluding carboxylic acids is 1. The first-order valence-electron chi connectivity index (χ1n) is 8.50. The molecule has 1 heterocycles. The van der Waals surface area contributed by atoms with E-state index in [0.29, 0.717) is 5.92 Å². The van der Waals surface area contributed by atoms with Gasteiger partial charge in [-0.25, -0.2) is 0 Å². The predicted molar refractivity (Wildman–Crippen MR) is 93.7 cm³/mol. The maximum atomic E-state index is 12.6. The number of anilines is 1. The molecule has 5 nitrogen and oxygen atoms in total.